The predicted octanol–water partition coefficient (Wildman–Crippen LogP) is 0.791. The SMILES string of the molecule is O=C(Nc1ccc(F)nc1)[C@@H]1CC[C@H](C(=O)O)O1. The lowest BCUT2D eigenvalue weighted by atomic mass is 10.2. The molecule has 0 saturated carbocycles. The summed E-state index contributed by atoms with van der Waals surface area (Å²) >= 11 is 0. The van der Waals surface area contributed by atoms with Crippen molar-refractivity contribution in [1.29, 1.82) is 0 Å². The van der Waals surface area contributed by atoms with E-state index < -0.39 is 30.0 Å². The Morgan fingerprint density at radius 3 is 2.67 bits per heavy atom. The normalized spacial score (nSPS) is 22.7. The Balaban J connectivity index is 1.93. The zero-order valence-corrected chi connectivity index (χ0v) is 9.30. The first-order chi connectivity index (χ1) is 8.56. The average molecular weight is 254 g/mol. The van der Waals surface area contributed by atoms with Crippen LogP contribution in [0.2, 0.25) is 0 Å². The molecule has 96 valence electrons. The van der Waals surface area contributed by atoms with Gasteiger partial charge in [0.25, 0.3) is 5.91 Å². The summed E-state index contributed by atoms with van der Waals surface area (Å²) in [4.78, 5) is 25.8. The molecule has 2 N–H and O–H groups in total. The third-order valence-electron chi connectivity index (χ3n) is 2.58. The molecule has 1 saturated heterocycles. The molecule has 7 heteroatoms. The van der Waals surface area contributed by atoms with Crippen LogP contribution < -0.4 is 5.32 Å². The van der Waals surface area contributed by atoms with E-state index in [0.717, 1.165) is 6.07 Å². The molecule has 18 heavy (non-hydrogen) atoms. The van der Waals surface area contributed by atoms with Crippen LogP contribution in [0.5, 0.6) is 0 Å². The van der Waals surface area contributed by atoms with Gasteiger partial charge >= 0.3 is 5.97 Å². The number of pyridine rings is 1. The zero-order chi connectivity index (χ0) is 13.1. The van der Waals surface area contributed by atoms with Crippen molar-refractivity contribution in [3.05, 3.63) is 24.3 Å². The molecule has 0 aromatic carbocycles. The van der Waals surface area contributed by atoms with Crippen LogP contribution in [0.1, 0.15) is 12.8 Å². The van der Waals surface area contributed by atoms with E-state index in [1.54, 1.807) is 0 Å². The highest BCUT2D eigenvalue weighted by Crippen LogP contribution is 2.21. The highest BCUT2D eigenvalue weighted by molar-refractivity contribution is 5.94. The number of carboxylic acid groups (broad SMARTS) is 1. The number of hydrogen-bond acceptors (Lipinski definition) is 4. The molecule has 1 aromatic heterocycles. The van der Waals surface area contributed by atoms with Gasteiger partial charge in [-0.25, -0.2) is 9.78 Å². The van der Waals surface area contributed by atoms with Crippen molar-refractivity contribution in [2.24, 2.45) is 0 Å². The summed E-state index contributed by atoms with van der Waals surface area (Å²) in [5.74, 6) is -2.17. The minimum absolute atomic E-state index is 0.301. The molecule has 1 aliphatic heterocycles. The topological polar surface area (TPSA) is 88.5 Å². The van der Waals surface area contributed by atoms with E-state index in [1.165, 1.54) is 12.3 Å². The maximum atomic E-state index is 12.6. The number of hydrogen-bond donors (Lipinski definition) is 2. The molecule has 1 aliphatic rings. The standard InChI is InChI=1S/C11H11FN2O4/c12-9-4-1-6(5-13-9)14-10(15)7-2-3-8(18-7)11(16)17/h1,4-5,7-8H,2-3H2,(H,14,15)(H,16,17)/t7-,8+/m0/s1. The van der Waals surface area contributed by atoms with Gasteiger partial charge < -0.3 is 15.2 Å². The van der Waals surface area contributed by atoms with Gasteiger partial charge in [-0.1, -0.05) is 0 Å². The number of halogens is 1. The number of carboxylic acids is 1. The summed E-state index contributed by atoms with van der Waals surface area (Å²) in [6.07, 6.45) is 0.0897. The summed E-state index contributed by atoms with van der Waals surface area (Å²) in [5.41, 5.74) is 0.337. The van der Waals surface area contributed by atoms with E-state index in [9.17, 15) is 14.0 Å². The molecule has 0 spiro atoms. The van der Waals surface area contributed by atoms with Crippen LogP contribution in [-0.2, 0) is 14.3 Å². The molecular weight excluding hydrogens is 243 g/mol. The Kier molecular flexibility index (Phi) is 3.52. The van der Waals surface area contributed by atoms with Gasteiger partial charge in [-0.2, -0.15) is 4.39 Å². The fraction of sp³-hybridized carbons (Fsp3) is 0.364. The molecule has 1 fully saturated rings. The van der Waals surface area contributed by atoms with Crippen molar-refractivity contribution in [3.63, 3.8) is 0 Å². The highest BCUT2D eigenvalue weighted by Gasteiger charge is 2.34. The Hall–Kier alpha value is -2.02. The second-order valence-electron chi connectivity index (χ2n) is 3.89. The number of carbonyl (C=O) groups excluding carboxylic acids is 1. The first-order valence-corrected chi connectivity index (χ1v) is 5.37. The van der Waals surface area contributed by atoms with Gasteiger partial charge in [-0.05, 0) is 25.0 Å². The Bertz CT molecular complexity index is 463. The Morgan fingerprint density at radius 1 is 1.39 bits per heavy atom. The van der Waals surface area contributed by atoms with Gasteiger partial charge in [0.05, 0.1) is 11.9 Å². The van der Waals surface area contributed by atoms with Crippen molar-refractivity contribution in [2.45, 2.75) is 25.0 Å². The van der Waals surface area contributed by atoms with E-state index in [-0.39, 0.29) is 0 Å². The molecule has 2 heterocycles. The van der Waals surface area contributed by atoms with E-state index in [4.69, 9.17) is 9.84 Å². The molecule has 0 bridgehead atoms. The van der Waals surface area contributed by atoms with Crippen LogP contribution in [0.3, 0.4) is 0 Å². The number of rotatable bonds is 3. The summed E-state index contributed by atoms with van der Waals surface area (Å²) in [6.45, 7) is 0. The molecule has 0 aliphatic carbocycles. The Morgan fingerprint density at radius 2 is 2.11 bits per heavy atom. The summed E-state index contributed by atoms with van der Waals surface area (Å²) in [6, 6.07) is 2.48. The van der Waals surface area contributed by atoms with E-state index in [2.05, 4.69) is 10.3 Å². The number of aromatic nitrogens is 1. The van der Waals surface area contributed by atoms with E-state index in [1.807, 2.05) is 0 Å². The summed E-state index contributed by atoms with van der Waals surface area (Å²) in [5, 5.41) is 11.2. The van der Waals surface area contributed by atoms with Crippen LogP contribution in [-0.4, -0.2) is 34.2 Å². The number of nitrogens with one attached hydrogen (secondary N) is 1. The fourth-order valence-electron chi connectivity index (χ4n) is 1.68. The van der Waals surface area contributed by atoms with Crippen LogP contribution in [0.4, 0.5) is 10.1 Å². The quantitative estimate of drug-likeness (QED) is 0.778. The summed E-state index contributed by atoms with van der Waals surface area (Å²) in [7, 11) is 0. The molecule has 6 nitrogen and oxygen atoms in total. The van der Waals surface area contributed by atoms with Gasteiger partial charge in [0.1, 0.15) is 6.10 Å². The van der Waals surface area contributed by atoms with Crippen molar-refractivity contribution >= 4 is 17.6 Å². The van der Waals surface area contributed by atoms with Gasteiger partial charge in [-0.3, -0.25) is 4.79 Å². The van der Waals surface area contributed by atoms with Crippen LogP contribution in [0.25, 0.3) is 0 Å². The third-order valence-corrected chi connectivity index (χ3v) is 2.58. The number of ether oxygens (including phenoxy) is 1. The van der Waals surface area contributed by atoms with E-state index in [0.29, 0.717) is 18.5 Å². The molecule has 1 amide bonds. The molecule has 2 rings (SSSR count). The summed E-state index contributed by atoms with van der Waals surface area (Å²) < 4.78 is 17.6. The highest BCUT2D eigenvalue weighted by atomic mass is 19.1. The first-order valence-electron chi connectivity index (χ1n) is 5.37. The molecular formula is C11H11FN2O4. The van der Waals surface area contributed by atoms with Crippen molar-refractivity contribution in [1.82, 2.24) is 4.98 Å². The number of aliphatic carboxylic acids is 1. The van der Waals surface area contributed by atoms with Gasteiger partial charge in [0.15, 0.2) is 6.10 Å². The average Bonchev–Trinajstić information content (AvgIpc) is 2.81. The lowest BCUT2D eigenvalue weighted by Crippen LogP contribution is -2.29. The van der Waals surface area contributed by atoms with Crippen molar-refractivity contribution in [3.8, 4) is 0 Å². The van der Waals surface area contributed by atoms with Crippen LogP contribution in [0.15, 0.2) is 18.3 Å². The van der Waals surface area contributed by atoms with Crippen molar-refractivity contribution < 1.29 is 23.8 Å². The molecule has 0 unspecified atom stereocenters. The van der Waals surface area contributed by atoms with E-state index >= 15 is 0 Å². The minimum Gasteiger partial charge on any atom is -0.479 e. The number of amides is 1. The maximum absolute atomic E-state index is 12.6. The van der Waals surface area contributed by atoms with Gasteiger partial charge in [0.2, 0.25) is 5.95 Å². The van der Waals surface area contributed by atoms with Crippen LogP contribution >= 0.6 is 0 Å². The smallest absolute Gasteiger partial charge is 0.332 e. The largest absolute Gasteiger partial charge is 0.479 e. The Labute approximate surface area is 102 Å². The predicted molar refractivity (Wildman–Crippen MR) is 58.4 cm³/mol. The second-order valence-corrected chi connectivity index (χ2v) is 3.89. The number of anilines is 1. The lowest BCUT2D eigenvalue weighted by molar-refractivity contribution is -0.150. The number of carbonyl (C=O) groups is 2. The second kappa shape index (κ2) is 5.09. The minimum atomic E-state index is -1.08. The van der Waals surface area contributed by atoms with Gasteiger partial charge in [-0.15, -0.1) is 0 Å². The zero-order valence-electron chi connectivity index (χ0n) is 9.30. The fourth-order valence-corrected chi connectivity index (χ4v) is 1.68. The molecule has 2 atom stereocenters. The van der Waals surface area contributed by atoms with Gasteiger partial charge in [0, 0.05) is 0 Å². The molecule has 1 aromatic rings. The monoisotopic (exact) mass is 254 g/mol. The van der Waals surface area contributed by atoms with Crippen molar-refractivity contribution in [2.75, 3.05) is 5.32 Å². The maximum Gasteiger partial charge on any atom is 0.332 e. The number of nitrogens with zero attached hydrogens (tertiary/aromatic N) is 1. The first kappa shape index (κ1) is 12.4. The van der Waals surface area contributed by atoms with Crippen LogP contribution in [0, 0.1) is 5.95 Å². The third kappa shape index (κ3) is 2.80. The molecule has 0 radical (unpaired) electrons. The lowest BCUT2D eigenvalue weighted by Gasteiger charge is -2.11.